The highest BCUT2D eigenvalue weighted by Crippen LogP contribution is 2.37. The number of nitrogens with one attached hydrogen (secondary N) is 2. The molecule has 164 valence electrons. The first kappa shape index (κ1) is 20.8. The van der Waals surface area contributed by atoms with Crippen LogP contribution in [-0.2, 0) is 0 Å². The smallest absolute Gasteiger partial charge is 0.162 e. The molecule has 3 heterocycles. The lowest BCUT2D eigenvalue weighted by Crippen LogP contribution is -2.44. The number of halogens is 1. The van der Waals surface area contributed by atoms with E-state index in [0.29, 0.717) is 10.6 Å². The van der Waals surface area contributed by atoms with E-state index < -0.39 is 0 Å². The molecule has 32 heavy (non-hydrogen) atoms. The van der Waals surface area contributed by atoms with Gasteiger partial charge in [0.15, 0.2) is 11.6 Å². The van der Waals surface area contributed by atoms with Gasteiger partial charge in [-0.15, -0.1) is 0 Å². The van der Waals surface area contributed by atoms with Crippen LogP contribution in [0.3, 0.4) is 0 Å². The maximum atomic E-state index is 12.5. The molecule has 7 heteroatoms. The summed E-state index contributed by atoms with van der Waals surface area (Å²) in [5.41, 5.74) is 7.18. The van der Waals surface area contributed by atoms with Gasteiger partial charge in [0.25, 0.3) is 0 Å². The van der Waals surface area contributed by atoms with E-state index in [4.69, 9.17) is 16.6 Å². The molecule has 6 nitrogen and oxygen atoms in total. The second-order valence-corrected chi connectivity index (χ2v) is 8.95. The van der Waals surface area contributed by atoms with Crippen molar-refractivity contribution in [1.82, 2.24) is 19.9 Å². The molecule has 0 atom stereocenters. The number of rotatable bonds is 4. The summed E-state index contributed by atoms with van der Waals surface area (Å²) < 4.78 is 0. The highest BCUT2D eigenvalue weighted by Gasteiger charge is 2.23. The maximum Gasteiger partial charge on any atom is 0.162 e. The molecule has 0 saturated carbocycles. The summed E-state index contributed by atoms with van der Waals surface area (Å²) in [4.78, 5) is 29.0. The summed E-state index contributed by atoms with van der Waals surface area (Å²) >= 11 is 6.10. The number of aromatic amines is 2. The number of likely N-dealkylation sites (N-methyl/N-ethyl adjacent to an activating group) is 1. The number of hydrogen-bond acceptors (Lipinski definition) is 4. The zero-order valence-corrected chi connectivity index (χ0v) is 19.3. The molecule has 0 bridgehead atoms. The summed E-state index contributed by atoms with van der Waals surface area (Å²) in [6, 6.07) is 13.9. The number of aromatic nitrogens is 3. The standard InChI is InChI=1S/C25H26ClN5O/c1-15-22(16(2)32)23(17-4-6-18(26)7-5-17)24(27-15)25-28-20-9-8-19(14-21(20)29-25)31-12-10-30(3)11-13-31/h4-9,14,27H,10-13H2,1-3H3,(H,28,29). The molecule has 4 aromatic rings. The van der Waals surface area contributed by atoms with E-state index in [1.807, 2.05) is 31.2 Å². The van der Waals surface area contributed by atoms with Gasteiger partial charge in [-0.3, -0.25) is 4.79 Å². The van der Waals surface area contributed by atoms with Crippen molar-refractivity contribution in [3.8, 4) is 22.6 Å². The van der Waals surface area contributed by atoms with Crippen molar-refractivity contribution in [2.75, 3.05) is 38.1 Å². The number of imidazole rings is 1. The highest BCUT2D eigenvalue weighted by atomic mass is 35.5. The van der Waals surface area contributed by atoms with Gasteiger partial charge in [0.1, 0.15) is 0 Å². The molecule has 1 saturated heterocycles. The first-order valence-corrected chi connectivity index (χ1v) is 11.2. The second kappa shape index (κ2) is 8.11. The van der Waals surface area contributed by atoms with Gasteiger partial charge in [0.2, 0.25) is 0 Å². The second-order valence-electron chi connectivity index (χ2n) is 8.52. The lowest BCUT2D eigenvalue weighted by atomic mass is 9.98. The van der Waals surface area contributed by atoms with Crippen LogP contribution in [0.2, 0.25) is 5.02 Å². The fraction of sp³-hybridized carbons (Fsp3) is 0.280. The van der Waals surface area contributed by atoms with Gasteiger partial charge in [0.05, 0.1) is 16.7 Å². The molecule has 1 aliphatic rings. The Morgan fingerprint density at radius 3 is 2.44 bits per heavy atom. The minimum Gasteiger partial charge on any atom is -0.369 e. The molecule has 2 aromatic carbocycles. The van der Waals surface area contributed by atoms with Crippen LogP contribution in [0, 0.1) is 6.92 Å². The third-order valence-corrected chi connectivity index (χ3v) is 6.50. The van der Waals surface area contributed by atoms with Crippen LogP contribution in [0.4, 0.5) is 5.69 Å². The van der Waals surface area contributed by atoms with Crippen molar-refractivity contribution < 1.29 is 4.79 Å². The quantitative estimate of drug-likeness (QED) is 0.425. The number of carbonyl (C=O) groups excluding carboxylic acids is 1. The number of anilines is 1. The number of benzene rings is 2. The summed E-state index contributed by atoms with van der Waals surface area (Å²) in [5.74, 6) is 0.736. The Morgan fingerprint density at radius 1 is 1.03 bits per heavy atom. The Labute approximate surface area is 192 Å². The van der Waals surface area contributed by atoms with Crippen molar-refractivity contribution in [2.24, 2.45) is 0 Å². The van der Waals surface area contributed by atoms with E-state index in [1.54, 1.807) is 6.92 Å². The van der Waals surface area contributed by atoms with Gasteiger partial charge in [-0.1, -0.05) is 23.7 Å². The molecule has 0 unspecified atom stereocenters. The van der Waals surface area contributed by atoms with Gasteiger partial charge in [-0.2, -0.15) is 0 Å². The molecular weight excluding hydrogens is 422 g/mol. The fourth-order valence-electron chi connectivity index (χ4n) is 4.53. The Bertz CT molecular complexity index is 1300. The number of H-pyrrole nitrogens is 2. The molecule has 0 spiro atoms. The number of ketones is 1. The number of piperazine rings is 1. The lowest BCUT2D eigenvalue weighted by molar-refractivity contribution is 0.101. The van der Waals surface area contributed by atoms with Crippen LogP contribution in [-0.4, -0.2) is 58.9 Å². The molecule has 5 rings (SSSR count). The van der Waals surface area contributed by atoms with E-state index in [-0.39, 0.29) is 5.78 Å². The molecule has 0 amide bonds. The average molecular weight is 448 g/mol. The van der Waals surface area contributed by atoms with Gasteiger partial charge in [-0.05, 0) is 56.8 Å². The van der Waals surface area contributed by atoms with E-state index in [1.165, 1.54) is 5.69 Å². The largest absolute Gasteiger partial charge is 0.369 e. The molecule has 2 N–H and O–H groups in total. The number of aryl methyl sites for hydroxylation is 1. The Kier molecular flexibility index (Phi) is 5.27. The molecule has 0 radical (unpaired) electrons. The van der Waals surface area contributed by atoms with Crippen molar-refractivity contribution >= 4 is 34.1 Å². The molecule has 2 aromatic heterocycles. The van der Waals surface area contributed by atoms with Gasteiger partial charge < -0.3 is 19.8 Å². The van der Waals surface area contributed by atoms with E-state index >= 15 is 0 Å². The number of carbonyl (C=O) groups is 1. The summed E-state index contributed by atoms with van der Waals surface area (Å²) in [5, 5.41) is 0.659. The van der Waals surface area contributed by atoms with Crippen LogP contribution in [0.1, 0.15) is 23.0 Å². The maximum absolute atomic E-state index is 12.5. The average Bonchev–Trinajstić information content (AvgIpc) is 3.35. The monoisotopic (exact) mass is 447 g/mol. The Balaban J connectivity index is 1.60. The summed E-state index contributed by atoms with van der Waals surface area (Å²) in [6.45, 7) is 7.68. The zero-order valence-electron chi connectivity index (χ0n) is 18.5. The van der Waals surface area contributed by atoms with Gasteiger partial charge >= 0.3 is 0 Å². The van der Waals surface area contributed by atoms with E-state index in [9.17, 15) is 4.79 Å². The number of nitrogens with zero attached hydrogens (tertiary/aromatic N) is 3. The van der Waals surface area contributed by atoms with Gasteiger partial charge in [0, 0.05) is 53.7 Å². The summed E-state index contributed by atoms with van der Waals surface area (Å²) in [6.07, 6.45) is 0. The third kappa shape index (κ3) is 3.70. The van der Waals surface area contributed by atoms with Crippen molar-refractivity contribution in [3.05, 3.63) is 58.7 Å². The Morgan fingerprint density at radius 2 is 1.75 bits per heavy atom. The number of hydrogen-bond donors (Lipinski definition) is 2. The van der Waals surface area contributed by atoms with Crippen LogP contribution in [0.25, 0.3) is 33.7 Å². The molecular formula is C25H26ClN5O. The van der Waals surface area contributed by atoms with Gasteiger partial charge in [-0.25, -0.2) is 4.98 Å². The first-order chi connectivity index (χ1) is 15.4. The normalized spacial score (nSPS) is 14.9. The first-order valence-electron chi connectivity index (χ1n) is 10.8. The Hall–Kier alpha value is -3.09. The lowest BCUT2D eigenvalue weighted by Gasteiger charge is -2.34. The number of Topliss-reactive ketones (excluding diaryl/α,β-unsaturated/α-hetero) is 1. The van der Waals surface area contributed by atoms with Crippen molar-refractivity contribution in [1.29, 1.82) is 0 Å². The van der Waals surface area contributed by atoms with Crippen LogP contribution in [0.15, 0.2) is 42.5 Å². The van der Waals surface area contributed by atoms with Crippen LogP contribution >= 0.6 is 11.6 Å². The molecule has 1 aliphatic heterocycles. The SMILES string of the molecule is CC(=O)c1c(C)[nH]c(-c2nc3ccc(N4CCN(C)CC4)cc3[nH]2)c1-c1ccc(Cl)cc1. The van der Waals surface area contributed by atoms with E-state index in [0.717, 1.165) is 65.6 Å². The van der Waals surface area contributed by atoms with E-state index in [2.05, 4.69) is 45.0 Å². The highest BCUT2D eigenvalue weighted by molar-refractivity contribution is 6.30. The van der Waals surface area contributed by atoms with Crippen molar-refractivity contribution in [3.63, 3.8) is 0 Å². The zero-order chi connectivity index (χ0) is 22.4. The van der Waals surface area contributed by atoms with Crippen molar-refractivity contribution in [2.45, 2.75) is 13.8 Å². The molecule has 0 aliphatic carbocycles. The predicted octanol–water partition coefficient (Wildman–Crippen LogP) is 5.14. The third-order valence-electron chi connectivity index (χ3n) is 6.24. The minimum atomic E-state index is 0.0170. The number of fused-ring (bicyclic) bond motifs is 1. The molecule has 1 fully saturated rings. The fourth-order valence-corrected chi connectivity index (χ4v) is 4.65. The van der Waals surface area contributed by atoms with Crippen LogP contribution in [0.5, 0.6) is 0 Å². The summed E-state index contributed by atoms with van der Waals surface area (Å²) in [7, 11) is 2.16. The minimum absolute atomic E-state index is 0.0170. The topological polar surface area (TPSA) is 68.0 Å². The van der Waals surface area contributed by atoms with Crippen LogP contribution < -0.4 is 4.90 Å². The predicted molar refractivity (Wildman–Crippen MR) is 131 cm³/mol.